The van der Waals surface area contributed by atoms with Crippen molar-refractivity contribution in [3.63, 3.8) is 0 Å². The first-order valence-electron chi connectivity index (χ1n) is 8.06. The summed E-state index contributed by atoms with van der Waals surface area (Å²) in [4.78, 5) is 15.6. The van der Waals surface area contributed by atoms with Gasteiger partial charge in [0.2, 0.25) is 5.16 Å². The Labute approximate surface area is 172 Å². The lowest BCUT2D eigenvalue weighted by Crippen LogP contribution is -2.55. The van der Waals surface area contributed by atoms with Crippen LogP contribution in [0.4, 0.5) is 5.69 Å². The van der Waals surface area contributed by atoms with Gasteiger partial charge in [0.05, 0.1) is 21.9 Å². The lowest BCUT2D eigenvalue weighted by molar-refractivity contribution is -0.759. The number of aromatic hydroxyl groups is 1. The van der Waals surface area contributed by atoms with Crippen LogP contribution in [0.5, 0.6) is 11.5 Å². The maximum Gasteiger partial charge on any atom is 0.325 e. The zero-order valence-corrected chi connectivity index (χ0v) is 17.5. The molecular formula is C18H16IN4O3S+. The van der Waals surface area contributed by atoms with Crippen molar-refractivity contribution in [3.8, 4) is 22.8 Å². The molecule has 0 saturated heterocycles. The maximum absolute atomic E-state index is 12.8. The summed E-state index contributed by atoms with van der Waals surface area (Å²) in [6.07, 6.45) is 1.43. The first-order chi connectivity index (χ1) is 13.0. The molecule has 2 heterocycles. The Hall–Kier alpha value is -2.27. The summed E-state index contributed by atoms with van der Waals surface area (Å²) in [6.45, 7) is 0. The predicted molar refractivity (Wildman–Crippen MR) is 111 cm³/mol. The van der Waals surface area contributed by atoms with E-state index in [9.17, 15) is 9.90 Å². The zero-order chi connectivity index (χ0) is 19.1. The number of rotatable bonds is 3. The lowest BCUT2D eigenvalue weighted by Gasteiger charge is -2.23. The lowest BCUT2D eigenvalue weighted by atomic mass is 10.0. The van der Waals surface area contributed by atoms with Gasteiger partial charge in [-0.05, 0) is 57.8 Å². The summed E-state index contributed by atoms with van der Waals surface area (Å²) in [5, 5.41) is 18.7. The van der Waals surface area contributed by atoms with E-state index in [2.05, 4.69) is 38.0 Å². The Bertz CT molecular complexity index is 1100. The van der Waals surface area contributed by atoms with E-state index >= 15 is 0 Å². The summed E-state index contributed by atoms with van der Waals surface area (Å²) in [7, 11) is 1.51. The highest BCUT2D eigenvalue weighted by atomic mass is 127. The molecule has 1 atom stereocenters. The molecule has 1 aliphatic heterocycles. The Balaban J connectivity index is 1.99. The second-order valence-corrected chi connectivity index (χ2v) is 7.86. The number of nitrogens with zero attached hydrogens (tertiary/aromatic N) is 2. The number of fused-ring (bicyclic) bond motifs is 3. The van der Waals surface area contributed by atoms with E-state index in [0.29, 0.717) is 20.2 Å². The highest BCUT2D eigenvalue weighted by molar-refractivity contribution is 14.1. The highest BCUT2D eigenvalue weighted by Gasteiger charge is 2.38. The Kier molecular flexibility index (Phi) is 4.72. The van der Waals surface area contributed by atoms with Crippen LogP contribution in [-0.4, -0.2) is 28.6 Å². The Morgan fingerprint density at radius 2 is 2.11 bits per heavy atom. The van der Waals surface area contributed by atoms with Crippen LogP contribution < -0.4 is 20.3 Å². The van der Waals surface area contributed by atoms with Crippen LogP contribution in [0.3, 0.4) is 0 Å². The van der Waals surface area contributed by atoms with Crippen LogP contribution >= 0.6 is 34.4 Å². The molecule has 138 valence electrons. The molecule has 0 radical (unpaired) electrons. The number of aromatic amines is 1. The minimum absolute atomic E-state index is 0.0898. The van der Waals surface area contributed by atoms with E-state index in [-0.39, 0.29) is 11.3 Å². The number of H-pyrrole nitrogens is 1. The van der Waals surface area contributed by atoms with Gasteiger partial charge in [-0.15, -0.1) is 0 Å². The quantitative estimate of drug-likeness (QED) is 0.294. The fraction of sp³-hybridized carbons (Fsp3) is 0.167. The number of aromatic nitrogens is 3. The van der Waals surface area contributed by atoms with E-state index in [1.807, 2.05) is 36.6 Å². The van der Waals surface area contributed by atoms with Crippen molar-refractivity contribution in [2.75, 3.05) is 18.7 Å². The topological polar surface area (TPSA) is 91.1 Å². The largest absolute Gasteiger partial charge is 0.504 e. The van der Waals surface area contributed by atoms with Crippen LogP contribution in [0.25, 0.3) is 11.3 Å². The molecule has 3 aromatic rings. The third kappa shape index (κ3) is 3.04. The molecule has 0 unspecified atom stereocenters. The second-order valence-electron chi connectivity index (χ2n) is 5.90. The van der Waals surface area contributed by atoms with Crippen molar-refractivity contribution < 1.29 is 14.5 Å². The fourth-order valence-corrected chi connectivity index (χ4v) is 4.10. The summed E-state index contributed by atoms with van der Waals surface area (Å²) in [5.74, 6) is 0.460. The molecule has 0 amide bonds. The van der Waals surface area contributed by atoms with Crippen molar-refractivity contribution in [3.05, 3.63) is 55.9 Å². The number of phenols is 1. The second kappa shape index (κ2) is 7.04. The van der Waals surface area contributed by atoms with Crippen molar-refractivity contribution in [1.82, 2.24) is 10.1 Å². The molecule has 2 aromatic carbocycles. The molecule has 0 bridgehead atoms. The number of para-hydroxylation sites is 1. The molecule has 0 saturated carbocycles. The van der Waals surface area contributed by atoms with Gasteiger partial charge in [0.15, 0.2) is 11.5 Å². The number of hydrogen-bond acceptors (Lipinski definition) is 6. The van der Waals surface area contributed by atoms with Gasteiger partial charge < -0.3 is 15.2 Å². The molecule has 1 aromatic heterocycles. The first kappa shape index (κ1) is 18.1. The first-order valence-corrected chi connectivity index (χ1v) is 10.4. The number of ether oxygens (including phenoxy) is 1. The number of thioether (sulfide) groups is 1. The number of phenolic OH excluding ortho intramolecular Hbond substituents is 1. The Morgan fingerprint density at radius 1 is 1.33 bits per heavy atom. The van der Waals surface area contributed by atoms with Gasteiger partial charge in [-0.3, -0.25) is 9.78 Å². The zero-order valence-electron chi connectivity index (χ0n) is 14.5. The van der Waals surface area contributed by atoms with Crippen molar-refractivity contribution in [2.45, 2.75) is 11.3 Å². The molecule has 1 aliphatic rings. The third-order valence-corrected chi connectivity index (χ3v) is 5.75. The van der Waals surface area contributed by atoms with E-state index < -0.39 is 6.17 Å². The monoisotopic (exact) mass is 495 g/mol. The van der Waals surface area contributed by atoms with Crippen molar-refractivity contribution in [1.29, 1.82) is 0 Å². The van der Waals surface area contributed by atoms with E-state index in [4.69, 9.17) is 4.74 Å². The number of halogens is 1. The minimum Gasteiger partial charge on any atom is -0.504 e. The van der Waals surface area contributed by atoms with Crippen LogP contribution in [0, 0.1) is 3.57 Å². The number of nitrogens with one attached hydrogen (secondary N) is 2. The van der Waals surface area contributed by atoms with Crippen LogP contribution in [-0.2, 0) is 0 Å². The van der Waals surface area contributed by atoms with Gasteiger partial charge in [-0.2, -0.15) is 0 Å². The number of hydrogen-bond donors (Lipinski definition) is 3. The van der Waals surface area contributed by atoms with Crippen LogP contribution in [0.15, 0.2) is 46.3 Å². The highest BCUT2D eigenvalue weighted by Crippen LogP contribution is 2.37. The summed E-state index contributed by atoms with van der Waals surface area (Å²) >= 11 is 3.42. The van der Waals surface area contributed by atoms with Gasteiger partial charge in [-0.1, -0.05) is 23.9 Å². The van der Waals surface area contributed by atoms with Gasteiger partial charge >= 0.3 is 11.3 Å². The van der Waals surface area contributed by atoms with Gasteiger partial charge in [0.25, 0.3) is 6.17 Å². The van der Waals surface area contributed by atoms with E-state index in [1.165, 1.54) is 18.9 Å². The smallest absolute Gasteiger partial charge is 0.325 e. The van der Waals surface area contributed by atoms with Crippen molar-refractivity contribution >= 4 is 40.0 Å². The molecule has 0 spiro atoms. The molecule has 0 aliphatic carbocycles. The molecule has 9 heteroatoms. The van der Waals surface area contributed by atoms with Gasteiger partial charge in [0.1, 0.15) is 0 Å². The van der Waals surface area contributed by atoms with Crippen LogP contribution in [0.1, 0.15) is 11.7 Å². The standard InChI is InChI=1S/C18H15IN4O3S/c1-26-13-8-9(7-11(19)15(13)24)16-20-12-6-4-3-5-10(12)14-17(25)21-18(27-2)22-23(14)16/h3-8,16H,1-2H3,(H2,21,22,24,25)/p+1/t16-/m0/s1. The molecule has 3 N–H and O–H groups in total. The normalized spacial score (nSPS) is 14.9. The fourth-order valence-electron chi connectivity index (χ4n) is 3.11. The number of methoxy groups -OCH3 is 1. The van der Waals surface area contributed by atoms with E-state index in [1.54, 1.807) is 10.7 Å². The molecule has 0 fully saturated rings. The third-order valence-electron chi connectivity index (χ3n) is 4.36. The predicted octanol–water partition coefficient (Wildman–Crippen LogP) is 2.74. The summed E-state index contributed by atoms with van der Waals surface area (Å²) in [5.41, 5.74) is 2.73. The number of anilines is 1. The summed E-state index contributed by atoms with van der Waals surface area (Å²) in [6, 6.07) is 11.2. The SMILES string of the molecule is COc1cc([C@H]2Nc3ccccc3-c3c(=O)[nH]c(SC)n[n+]32)cc(I)c1O. The van der Waals surface area contributed by atoms with Gasteiger partial charge in [0, 0.05) is 10.7 Å². The molecule has 27 heavy (non-hydrogen) atoms. The molecular weight excluding hydrogens is 479 g/mol. The average molecular weight is 495 g/mol. The Morgan fingerprint density at radius 3 is 2.85 bits per heavy atom. The van der Waals surface area contributed by atoms with Gasteiger partial charge in [-0.25, -0.2) is 0 Å². The van der Waals surface area contributed by atoms with Crippen molar-refractivity contribution in [2.24, 2.45) is 0 Å². The average Bonchev–Trinajstić information content (AvgIpc) is 2.68. The minimum atomic E-state index is -0.425. The van der Waals surface area contributed by atoms with Crippen LogP contribution in [0.2, 0.25) is 0 Å². The summed E-state index contributed by atoms with van der Waals surface area (Å²) < 4.78 is 7.64. The maximum atomic E-state index is 12.8. The molecule has 4 rings (SSSR count). The molecule has 7 nitrogen and oxygen atoms in total. The number of benzene rings is 2. The van der Waals surface area contributed by atoms with E-state index in [0.717, 1.165) is 16.8 Å².